The van der Waals surface area contributed by atoms with Gasteiger partial charge in [-0.3, -0.25) is 0 Å². The van der Waals surface area contributed by atoms with E-state index in [1.807, 2.05) is 30.3 Å². The molecule has 0 atom stereocenters. The van der Waals surface area contributed by atoms with Crippen LogP contribution in [0.15, 0.2) is 30.3 Å². The molecule has 1 N–H and O–H groups in total. The van der Waals surface area contributed by atoms with Gasteiger partial charge in [0.25, 0.3) is 0 Å². The van der Waals surface area contributed by atoms with E-state index in [2.05, 4.69) is 10.2 Å². The number of hydrogen-bond acceptors (Lipinski definition) is 3. The Morgan fingerprint density at radius 1 is 1.27 bits per heavy atom. The number of carboxylic acids is 1. The maximum absolute atomic E-state index is 10.7. The van der Waals surface area contributed by atoms with Crippen LogP contribution >= 0.6 is 0 Å². The fourth-order valence-corrected chi connectivity index (χ4v) is 1.35. The molecule has 1 aromatic carbocycles. The van der Waals surface area contributed by atoms with E-state index < -0.39 is 5.97 Å². The zero-order valence-electron chi connectivity index (χ0n) is 8.08. The quantitative estimate of drug-likeness (QED) is 0.795. The molecular weight excluding hydrogens is 194 g/mol. The van der Waals surface area contributed by atoms with Crippen LogP contribution in [0, 0.1) is 0 Å². The Bertz CT molecular complexity index is 491. The van der Waals surface area contributed by atoms with E-state index in [0.29, 0.717) is 5.82 Å². The third kappa shape index (κ3) is 1.59. The van der Waals surface area contributed by atoms with Gasteiger partial charge in [-0.1, -0.05) is 30.3 Å². The molecule has 1 aromatic heterocycles. The summed E-state index contributed by atoms with van der Waals surface area (Å²) in [6, 6.07) is 9.33. The summed E-state index contributed by atoms with van der Waals surface area (Å²) in [5, 5.41) is 16.2. The third-order valence-corrected chi connectivity index (χ3v) is 2.10. The topological polar surface area (TPSA) is 68.0 Å². The maximum Gasteiger partial charge on any atom is 0.374 e. The minimum atomic E-state index is -1.08. The standard InChI is InChI=1S/C10H9N3O2/c1-13-8(7-5-3-2-4-6-7)11-12-9(13)10(14)15/h2-6H,1H3,(H,14,15). The van der Waals surface area contributed by atoms with Gasteiger partial charge in [0, 0.05) is 12.6 Å². The lowest BCUT2D eigenvalue weighted by atomic mass is 10.2. The number of rotatable bonds is 2. The summed E-state index contributed by atoms with van der Waals surface area (Å²) < 4.78 is 1.46. The minimum Gasteiger partial charge on any atom is -0.475 e. The van der Waals surface area contributed by atoms with Crippen LogP contribution in [0.2, 0.25) is 0 Å². The molecule has 15 heavy (non-hydrogen) atoms. The van der Waals surface area contributed by atoms with E-state index in [4.69, 9.17) is 5.11 Å². The molecule has 0 aliphatic carbocycles. The predicted molar refractivity (Wildman–Crippen MR) is 53.4 cm³/mol. The number of aromatic carboxylic acids is 1. The molecule has 2 aromatic rings. The second kappa shape index (κ2) is 3.53. The molecule has 0 aliphatic rings. The summed E-state index contributed by atoms with van der Waals surface area (Å²) in [6.45, 7) is 0. The Morgan fingerprint density at radius 2 is 1.93 bits per heavy atom. The van der Waals surface area contributed by atoms with Crippen LogP contribution in [0.1, 0.15) is 10.6 Å². The van der Waals surface area contributed by atoms with Gasteiger partial charge in [0.1, 0.15) is 0 Å². The van der Waals surface area contributed by atoms with Crippen molar-refractivity contribution in [3.05, 3.63) is 36.2 Å². The Morgan fingerprint density at radius 3 is 2.47 bits per heavy atom. The molecule has 2 rings (SSSR count). The second-order valence-corrected chi connectivity index (χ2v) is 3.08. The first kappa shape index (κ1) is 9.39. The van der Waals surface area contributed by atoms with Gasteiger partial charge in [0.15, 0.2) is 5.82 Å². The summed E-state index contributed by atoms with van der Waals surface area (Å²) in [5.74, 6) is -0.589. The van der Waals surface area contributed by atoms with Crippen LogP contribution in [0.25, 0.3) is 11.4 Å². The van der Waals surface area contributed by atoms with Gasteiger partial charge in [-0.15, -0.1) is 10.2 Å². The van der Waals surface area contributed by atoms with Crippen molar-refractivity contribution in [3.63, 3.8) is 0 Å². The van der Waals surface area contributed by atoms with Crippen molar-refractivity contribution in [2.75, 3.05) is 0 Å². The minimum absolute atomic E-state index is 0.0612. The molecule has 0 radical (unpaired) electrons. The van der Waals surface area contributed by atoms with Crippen LogP contribution in [0.4, 0.5) is 0 Å². The lowest BCUT2D eigenvalue weighted by Gasteiger charge is -2.00. The number of aromatic nitrogens is 3. The average molecular weight is 203 g/mol. The molecule has 5 nitrogen and oxygen atoms in total. The van der Waals surface area contributed by atoms with Crippen molar-refractivity contribution in [2.45, 2.75) is 0 Å². The molecular formula is C10H9N3O2. The molecule has 0 amide bonds. The lowest BCUT2D eigenvalue weighted by Crippen LogP contribution is -2.06. The van der Waals surface area contributed by atoms with Crippen molar-refractivity contribution in [1.82, 2.24) is 14.8 Å². The van der Waals surface area contributed by atoms with E-state index in [0.717, 1.165) is 5.56 Å². The maximum atomic E-state index is 10.7. The van der Waals surface area contributed by atoms with Crippen LogP contribution < -0.4 is 0 Å². The van der Waals surface area contributed by atoms with E-state index >= 15 is 0 Å². The Kier molecular flexibility index (Phi) is 2.21. The van der Waals surface area contributed by atoms with Crippen molar-refractivity contribution >= 4 is 5.97 Å². The molecule has 76 valence electrons. The van der Waals surface area contributed by atoms with Gasteiger partial charge in [-0.05, 0) is 0 Å². The van der Waals surface area contributed by atoms with E-state index in [-0.39, 0.29) is 5.82 Å². The third-order valence-electron chi connectivity index (χ3n) is 2.10. The first-order valence-electron chi connectivity index (χ1n) is 4.38. The largest absolute Gasteiger partial charge is 0.475 e. The smallest absolute Gasteiger partial charge is 0.374 e. The molecule has 5 heteroatoms. The molecule has 0 spiro atoms. The molecule has 0 saturated carbocycles. The summed E-state index contributed by atoms with van der Waals surface area (Å²) >= 11 is 0. The summed E-state index contributed by atoms with van der Waals surface area (Å²) in [5.41, 5.74) is 0.847. The van der Waals surface area contributed by atoms with E-state index in [1.54, 1.807) is 7.05 Å². The predicted octanol–water partition coefficient (Wildman–Crippen LogP) is 1.18. The van der Waals surface area contributed by atoms with Gasteiger partial charge >= 0.3 is 5.97 Å². The van der Waals surface area contributed by atoms with Crippen LogP contribution in [-0.4, -0.2) is 25.8 Å². The molecule has 0 unspecified atom stereocenters. The molecule has 1 heterocycles. The lowest BCUT2D eigenvalue weighted by molar-refractivity contribution is 0.0679. The molecule has 0 saturated heterocycles. The number of carboxylic acid groups (broad SMARTS) is 1. The van der Waals surface area contributed by atoms with Crippen LogP contribution in [0.5, 0.6) is 0 Å². The first-order valence-corrected chi connectivity index (χ1v) is 4.38. The van der Waals surface area contributed by atoms with E-state index in [9.17, 15) is 4.79 Å². The summed E-state index contributed by atoms with van der Waals surface area (Å²) in [6.07, 6.45) is 0. The molecule has 0 bridgehead atoms. The highest BCUT2D eigenvalue weighted by Gasteiger charge is 2.15. The Labute approximate surface area is 86.0 Å². The zero-order chi connectivity index (χ0) is 10.8. The normalized spacial score (nSPS) is 10.2. The average Bonchev–Trinajstić information content (AvgIpc) is 2.61. The first-order chi connectivity index (χ1) is 7.20. The molecule has 0 fully saturated rings. The molecule has 0 aliphatic heterocycles. The van der Waals surface area contributed by atoms with Gasteiger partial charge in [0.05, 0.1) is 0 Å². The van der Waals surface area contributed by atoms with Crippen LogP contribution in [0.3, 0.4) is 0 Å². The highest BCUT2D eigenvalue weighted by molar-refractivity contribution is 5.84. The SMILES string of the molecule is Cn1c(C(=O)O)nnc1-c1ccccc1. The highest BCUT2D eigenvalue weighted by atomic mass is 16.4. The number of nitrogens with zero attached hydrogens (tertiary/aromatic N) is 3. The van der Waals surface area contributed by atoms with Crippen LogP contribution in [-0.2, 0) is 7.05 Å². The van der Waals surface area contributed by atoms with Gasteiger partial charge < -0.3 is 9.67 Å². The van der Waals surface area contributed by atoms with Crippen molar-refractivity contribution in [1.29, 1.82) is 0 Å². The fourth-order valence-electron chi connectivity index (χ4n) is 1.35. The monoisotopic (exact) mass is 203 g/mol. The second-order valence-electron chi connectivity index (χ2n) is 3.08. The number of carbonyl (C=O) groups is 1. The summed E-state index contributed by atoms with van der Waals surface area (Å²) in [4.78, 5) is 10.7. The van der Waals surface area contributed by atoms with E-state index in [1.165, 1.54) is 4.57 Å². The van der Waals surface area contributed by atoms with Crippen molar-refractivity contribution in [2.24, 2.45) is 7.05 Å². The Hall–Kier alpha value is -2.17. The van der Waals surface area contributed by atoms with Crippen molar-refractivity contribution < 1.29 is 9.90 Å². The number of benzene rings is 1. The number of hydrogen-bond donors (Lipinski definition) is 1. The van der Waals surface area contributed by atoms with Crippen molar-refractivity contribution in [3.8, 4) is 11.4 Å². The van der Waals surface area contributed by atoms with Gasteiger partial charge in [-0.25, -0.2) is 4.79 Å². The van der Waals surface area contributed by atoms with Gasteiger partial charge in [-0.2, -0.15) is 0 Å². The zero-order valence-corrected chi connectivity index (χ0v) is 8.08. The fraction of sp³-hybridized carbons (Fsp3) is 0.100. The van der Waals surface area contributed by atoms with Gasteiger partial charge in [0.2, 0.25) is 5.82 Å². The highest BCUT2D eigenvalue weighted by Crippen LogP contribution is 2.16. The Balaban J connectivity index is 2.52. The summed E-state index contributed by atoms with van der Waals surface area (Å²) in [7, 11) is 1.63.